The average Bonchev–Trinajstić information content (AvgIpc) is 2.43. The van der Waals surface area contributed by atoms with Gasteiger partial charge < -0.3 is 19.9 Å². The molecule has 19 heavy (non-hydrogen) atoms. The van der Waals surface area contributed by atoms with Gasteiger partial charge in [-0.2, -0.15) is 5.26 Å². The van der Waals surface area contributed by atoms with Crippen molar-refractivity contribution in [1.82, 2.24) is 0 Å². The molecule has 0 fully saturated rings. The first-order valence-corrected chi connectivity index (χ1v) is 6.07. The zero-order valence-electron chi connectivity index (χ0n) is 11.6. The Kier molecular flexibility index (Phi) is 5.46. The summed E-state index contributed by atoms with van der Waals surface area (Å²) in [6, 6.07) is 7.41. The number of ether oxygens (including phenoxy) is 3. The molecule has 0 radical (unpaired) electrons. The van der Waals surface area contributed by atoms with Crippen molar-refractivity contribution >= 4 is 0 Å². The van der Waals surface area contributed by atoms with E-state index in [2.05, 4.69) is 6.07 Å². The minimum atomic E-state index is -0.796. The van der Waals surface area contributed by atoms with E-state index < -0.39 is 5.54 Å². The number of nitrogens with zero attached hydrogens (tertiary/aromatic N) is 1. The highest BCUT2D eigenvalue weighted by molar-refractivity contribution is 5.41. The number of benzene rings is 1. The van der Waals surface area contributed by atoms with Gasteiger partial charge in [-0.05, 0) is 19.8 Å². The van der Waals surface area contributed by atoms with Gasteiger partial charge in [-0.1, -0.05) is 0 Å². The second-order valence-electron chi connectivity index (χ2n) is 4.53. The predicted molar refractivity (Wildman–Crippen MR) is 72.5 cm³/mol. The quantitative estimate of drug-likeness (QED) is 0.763. The van der Waals surface area contributed by atoms with Gasteiger partial charge in [0.05, 0.1) is 26.9 Å². The number of methoxy groups -OCH3 is 2. The summed E-state index contributed by atoms with van der Waals surface area (Å²) in [5.41, 5.74) is 4.93. The molecule has 0 aliphatic heterocycles. The lowest BCUT2D eigenvalue weighted by Crippen LogP contribution is -2.34. The molecule has 0 aliphatic carbocycles. The van der Waals surface area contributed by atoms with Gasteiger partial charge in [0.15, 0.2) is 0 Å². The van der Waals surface area contributed by atoms with Crippen LogP contribution in [-0.4, -0.2) is 26.4 Å². The van der Waals surface area contributed by atoms with E-state index in [9.17, 15) is 0 Å². The van der Waals surface area contributed by atoms with E-state index in [0.29, 0.717) is 36.7 Å². The Morgan fingerprint density at radius 3 is 2.16 bits per heavy atom. The average molecular weight is 264 g/mol. The third-order valence-electron chi connectivity index (χ3n) is 2.69. The molecule has 0 bridgehead atoms. The van der Waals surface area contributed by atoms with Crippen LogP contribution in [0.3, 0.4) is 0 Å². The molecule has 5 heteroatoms. The van der Waals surface area contributed by atoms with E-state index >= 15 is 0 Å². The number of hydrogen-bond acceptors (Lipinski definition) is 5. The molecule has 1 atom stereocenters. The van der Waals surface area contributed by atoms with E-state index in [1.807, 2.05) is 0 Å². The van der Waals surface area contributed by atoms with Gasteiger partial charge in [0.2, 0.25) is 0 Å². The summed E-state index contributed by atoms with van der Waals surface area (Å²) >= 11 is 0. The molecule has 0 heterocycles. The molecule has 1 rings (SSSR count). The second kappa shape index (κ2) is 6.86. The topological polar surface area (TPSA) is 77.5 Å². The SMILES string of the molecule is COc1cc(OC)cc(OCCCC(C)(N)C#N)c1. The van der Waals surface area contributed by atoms with Crippen LogP contribution < -0.4 is 19.9 Å². The van der Waals surface area contributed by atoms with Gasteiger partial charge in [0, 0.05) is 18.2 Å². The molecular weight excluding hydrogens is 244 g/mol. The molecular formula is C14H20N2O3. The molecule has 104 valence electrons. The van der Waals surface area contributed by atoms with Gasteiger partial charge in [0.1, 0.15) is 22.8 Å². The number of nitriles is 1. The van der Waals surface area contributed by atoms with E-state index in [0.717, 1.165) is 0 Å². The summed E-state index contributed by atoms with van der Waals surface area (Å²) in [6.45, 7) is 2.20. The molecule has 1 unspecified atom stereocenters. The molecule has 2 N–H and O–H groups in total. The first kappa shape index (κ1) is 15.1. The minimum absolute atomic E-state index is 0.491. The summed E-state index contributed by atoms with van der Waals surface area (Å²) in [6.07, 6.45) is 1.30. The second-order valence-corrected chi connectivity index (χ2v) is 4.53. The minimum Gasteiger partial charge on any atom is -0.496 e. The Bertz CT molecular complexity index is 430. The molecule has 0 spiro atoms. The molecule has 0 amide bonds. The zero-order chi connectivity index (χ0) is 14.3. The van der Waals surface area contributed by atoms with Crippen molar-refractivity contribution in [2.45, 2.75) is 25.3 Å². The fraction of sp³-hybridized carbons (Fsp3) is 0.500. The highest BCUT2D eigenvalue weighted by atomic mass is 16.5. The Labute approximate surface area is 113 Å². The van der Waals surface area contributed by atoms with Gasteiger partial charge in [-0.15, -0.1) is 0 Å². The zero-order valence-corrected chi connectivity index (χ0v) is 11.6. The van der Waals surface area contributed by atoms with Crippen LogP contribution >= 0.6 is 0 Å². The van der Waals surface area contributed by atoms with Crippen molar-refractivity contribution in [1.29, 1.82) is 5.26 Å². The predicted octanol–water partition coefficient (Wildman–Crippen LogP) is 2.10. The fourth-order valence-electron chi connectivity index (χ4n) is 1.55. The van der Waals surface area contributed by atoms with Crippen LogP contribution in [0.2, 0.25) is 0 Å². The highest BCUT2D eigenvalue weighted by Crippen LogP contribution is 2.27. The third-order valence-corrected chi connectivity index (χ3v) is 2.69. The molecule has 5 nitrogen and oxygen atoms in total. The summed E-state index contributed by atoms with van der Waals surface area (Å²) in [7, 11) is 3.18. The lowest BCUT2D eigenvalue weighted by atomic mass is 10.00. The first-order valence-electron chi connectivity index (χ1n) is 6.07. The monoisotopic (exact) mass is 264 g/mol. The van der Waals surface area contributed by atoms with Gasteiger partial charge in [-0.25, -0.2) is 0 Å². The molecule has 0 saturated carbocycles. The Hall–Kier alpha value is -1.93. The first-order chi connectivity index (χ1) is 9.00. The van der Waals surface area contributed by atoms with Crippen LogP contribution in [0.25, 0.3) is 0 Å². The number of nitrogens with two attached hydrogens (primary N) is 1. The van der Waals surface area contributed by atoms with E-state index in [-0.39, 0.29) is 0 Å². The van der Waals surface area contributed by atoms with Crippen molar-refractivity contribution in [2.24, 2.45) is 5.73 Å². The Balaban J connectivity index is 2.52. The lowest BCUT2D eigenvalue weighted by Gasteiger charge is -2.15. The summed E-state index contributed by atoms with van der Waals surface area (Å²) in [4.78, 5) is 0. The number of rotatable bonds is 7. The maximum Gasteiger partial charge on any atom is 0.126 e. The van der Waals surface area contributed by atoms with Crippen LogP contribution in [0, 0.1) is 11.3 Å². The van der Waals surface area contributed by atoms with Crippen LogP contribution in [0.1, 0.15) is 19.8 Å². The van der Waals surface area contributed by atoms with Gasteiger partial charge >= 0.3 is 0 Å². The number of hydrogen-bond donors (Lipinski definition) is 1. The lowest BCUT2D eigenvalue weighted by molar-refractivity contribution is 0.291. The summed E-state index contributed by atoms with van der Waals surface area (Å²) in [5, 5.41) is 8.80. The molecule has 0 saturated heterocycles. The van der Waals surface area contributed by atoms with Crippen molar-refractivity contribution in [3.05, 3.63) is 18.2 Å². The van der Waals surface area contributed by atoms with Crippen LogP contribution in [0.15, 0.2) is 18.2 Å². The van der Waals surface area contributed by atoms with Crippen LogP contribution in [0.5, 0.6) is 17.2 Å². The normalized spacial score (nSPS) is 13.2. The van der Waals surface area contributed by atoms with E-state index in [4.69, 9.17) is 25.2 Å². The Morgan fingerprint density at radius 2 is 1.68 bits per heavy atom. The molecule has 0 aromatic heterocycles. The van der Waals surface area contributed by atoms with Crippen LogP contribution in [-0.2, 0) is 0 Å². The maximum absolute atomic E-state index is 8.80. The summed E-state index contributed by atoms with van der Waals surface area (Å²) < 4.78 is 15.9. The Morgan fingerprint density at radius 1 is 1.16 bits per heavy atom. The summed E-state index contributed by atoms with van der Waals surface area (Å²) in [5.74, 6) is 2.02. The van der Waals surface area contributed by atoms with Crippen molar-refractivity contribution in [2.75, 3.05) is 20.8 Å². The fourth-order valence-corrected chi connectivity index (χ4v) is 1.55. The largest absolute Gasteiger partial charge is 0.496 e. The van der Waals surface area contributed by atoms with E-state index in [1.165, 1.54) is 0 Å². The van der Waals surface area contributed by atoms with Crippen molar-refractivity contribution < 1.29 is 14.2 Å². The molecule has 0 aliphatic rings. The maximum atomic E-state index is 8.80. The molecule has 1 aromatic rings. The van der Waals surface area contributed by atoms with Crippen molar-refractivity contribution in [3.63, 3.8) is 0 Å². The smallest absolute Gasteiger partial charge is 0.126 e. The van der Waals surface area contributed by atoms with E-state index in [1.54, 1.807) is 39.3 Å². The highest BCUT2D eigenvalue weighted by Gasteiger charge is 2.16. The van der Waals surface area contributed by atoms with Crippen LogP contribution in [0.4, 0.5) is 0 Å². The third kappa shape index (κ3) is 5.06. The van der Waals surface area contributed by atoms with Crippen molar-refractivity contribution in [3.8, 4) is 23.3 Å². The standard InChI is InChI=1S/C14H20N2O3/c1-14(16,10-15)5-4-6-19-13-8-11(17-2)7-12(9-13)18-3/h7-9H,4-6,16H2,1-3H3. The van der Waals surface area contributed by atoms with Gasteiger partial charge in [0.25, 0.3) is 0 Å². The van der Waals surface area contributed by atoms with Gasteiger partial charge in [-0.3, -0.25) is 0 Å². The molecule has 1 aromatic carbocycles.